The normalized spacial score (nSPS) is 16.7. The highest BCUT2D eigenvalue weighted by Gasteiger charge is 2.26. The lowest BCUT2D eigenvalue weighted by molar-refractivity contribution is 0.0706. The van der Waals surface area contributed by atoms with E-state index in [0.29, 0.717) is 24.5 Å². The molecule has 1 aliphatic rings. The van der Waals surface area contributed by atoms with E-state index in [1.165, 1.54) is 6.07 Å². The van der Waals surface area contributed by atoms with Crippen molar-refractivity contribution in [1.29, 1.82) is 0 Å². The Kier molecular flexibility index (Phi) is 6.87. The van der Waals surface area contributed by atoms with Gasteiger partial charge in [-0.1, -0.05) is 36.8 Å². The second-order valence-corrected chi connectivity index (χ2v) is 7.05. The van der Waals surface area contributed by atoms with Crippen molar-refractivity contribution in [3.63, 3.8) is 0 Å². The number of amides is 1. The van der Waals surface area contributed by atoms with Gasteiger partial charge in [-0.3, -0.25) is 0 Å². The van der Waals surface area contributed by atoms with Gasteiger partial charge in [-0.05, 0) is 37.1 Å². The number of hydrogen-bond acceptors (Lipinski definition) is 4. The summed E-state index contributed by atoms with van der Waals surface area (Å²) < 4.78 is 25.3. The zero-order valence-electron chi connectivity index (χ0n) is 16.4. The Morgan fingerprint density at radius 3 is 2.89 bits per heavy atom. The molecule has 1 atom stereocenters. The van der Waals surface area contributed by atoms with Gasteiger partial charge in [-0.25, -0.2) is 9.18 Å². The number of carbonyl (C=O) groups excluding carboxylic acids is 1. The zero-order chi connectivity index (χ0) is 19.9. The average molecular weight is 386 g/mol. The molecule has 1 N–H and O–H groups in total. The first-order valence-corrected chi connectivity index (χ1v) is 9.67. The molecule has 0 saturated carbocycles. The van der Waals surface area contributed by atoms with Gasteiger partial charge < -0.3 is 19.7 Å². The Balaban J connectivity index is 1.59. The second-order valence-electron chi connectivity index (χ2n) is 7.05. The molecule has 3 rings (SSSR count). The summed E-state index contributed by atoms with van der Waals surface area (Å²) in [6.45, 7) is 6.42. The molecule has 5 nitrogen and oxygen atoms in total. The number of rotatable bonds is 6. The summed E-state index contributed by atoms with van der Waals surface area (Å²) in [7, 11) is 0. The van der Waals surface area contributed by atoms with Crippen LogP contribution in [0, 0.1) is 12.7 Å². The third-order valence-corrected chi connectivity index (χ3v) is 4.91. The molecule has 1 saturated heterocycles. The maximum atomic E-state index is 14.2. The van der Waals surface area contributed by atoms with Gasteiger partial charge in [-0.15, -0.1) is 0 Å². The number of aryl methyl sites for hydroxylation is 1. The Bertz CT molecular complexity index is 812. The molecule has 1 amide bonds. The quantitative estimate of drug-likeness (QED) is 0.814. The minimum Gasteiger partial charge on any atom is -0.489 e. The number of piperazine rings is 1. The Labute approximate surface area is 165 Å². The number of carbonyl (C=O) groups is 1. The van der Waals surface area contributed by atoms with Crippen LogP contribution in [0.3, 0.4) is 0 Å². The van der Waals surface area contributed by atoms with E-state index >= 15 is 0 Å². The third kappa shape index (κ3) is 5.23. The SMILES string of the molecule is CC[C@@H]1CNCCN1C(=O)OCc1cc(OCc2cccc(C)c2)ccc1F. The summed E-state index contributed by atoms with van der Waals surface area (Å²) in [6, 6.07) is 12.6. The van der Waals surface area contributed by atoms with Gasteiger partial charge in [0.25, 0.3) is 0 Å². The van der Waals surface area contributed by atoms with Gasteiger partial charge in [0.2, 0.25) is 0 Å². The fourth-order valence-corrected chi connectivity index (χ4v) is 3.31. The number of benzene rings is 2. The van der Waals surface area contributed by atoms with E-state index in [9.17, 15) is 9.18 Å². The molecule has 28 heavy (non-hydrogen) atoms. The van der Waals surface area contributed by atoms with Gasteiger partial charge in [0.05, 0.1) is 0 Å². The first kappa shape index (κ1) is 20.1. The van der Waals surface area contributed by atoms with Crippen LogP contribution in [0.15, 0.2) is 42.5 Å². The van der Waals surface area contributed by atoms with Crippen LogP contribution in [0.25, 0.3) is 0 Å². The predicted octanol–water partition coefficient (Wildman–Crippen LogP) is 4.03. The van der Waals surface area contributed by atoms with Crippen LogP contribution in [0.2, 0.25) is 0 Å². The van der Waals surface area contributed by atoms with Crippen LogP contribution in [-0.4, -0.2) is 36.7 Å². The lowest BCUT2D eigenvalue weighted by Gasteiger charge is -2.34. The first-order chi connectivity index (χ1) is 13.6. The van der Waals surface area contributed by atoms with Crippen molar-refractivity contribution < 1.29 is 18.7 Å². The van der Waals surface area contributed by atoms with E-state index in [1.807, 2.05) is 38.1 Å². The minimum absolute atomic E-state index is 0.107. The fourth-order valence-electron chi connectivity index (χ4n) is 3.31. The van der Waals surface area contributed by atoms with E-state index < -0.39 is 11.9 Å². The number of hydrogen-bond donors (Lipinski definition) is 1. The Morgan fingerprint density at radius 1 is 1.25 bits per heavy atom. The number of ether oxygens (including phenoxy) is 2. The average Bonchev–Trinajstić information content (AvgIpc) is 2.72. The molecular weight excluding hydrogens is 359 g/mol. The van der Waals surface area contributed by atoms with Crippen LogP contribution in [0.1, 0.15) is 30.0 Å². The van der Waals surface area contributed by atoms with Crippen molar-refractivity contribution >= 4 is 6.09 Å². The highest BCUT2D eigenvalue weighted by atomic mass is 19.1. The molecule has 6 heteroatoms. The highest BCUT2D eigenvalue weighted by Crippen LogP contribution is 2.20. The van der Waals surface area contributed by atoms with E-state index in [2.05, 4.69) is 5.32 Å². The Hall–Kier alpha value is -2.60. The van der Waals surface area contributed by atoms with Gasteiger partial charge >= 0.3 is 6.09 Å². The van der Waals surface area contributed by atoms with Crippen molar-refractivity contribution in [2.24, 2.45) is 0 Å². The van der Waals surface area contributed by atoms with Gasteiger partial charge in [0.1, 0.15) is 24.8 Å². The summed E-state index contributed by atoms with van der Waals surface area (Å²) in [5.41, 5.74) is 2.51. The van der Waals surface area contributed by atoms with E-state index in [0.717, 1.165) is 30.6 Å². The molecule has 1 aliphatic heterocycles. The monoisotopic (exact) mass is 386 g/mol. The van der Waals surface area contributed by atoms with Crippen LogP contribution in [-0.2, 0) is 18.0 Å². The molecule has 0 spiro atoms. The maximum Gasteiger partial charge on any atom is 0.410 e. The summed E-state index contributed by atoms with van der Waals surface area (Å²) in [4.78, 5) is 14.1. The van der Waals surface area contributed by atoms with E-state index in [4.69, 9.17) is 9.47 Å². The lowest BCUT2D eigenvalue weighted by Crippen LogP contribution is -2.53. The second kappa shape index (κ2) is 9.55. The largest absolute Gasteiger partial charge is 0.489 e. The smallest absolute Gasteiger partial charge is 0.410 e. The highest BCUT2D eigenvalue weighted by molar-refractivity contribution is 5.68. The van der Waals surface area contributed by atoms with Crippen molar-refractivity contribution in [1.82, 2.24) is 10.2 Å². The molecule has 1 fully saturated rings. The van der Waals surface area contributed by atoms with Crippen molar-refractivity contribution in [3.8, 4) is 5.75 Å². The summed E-state index contributed by atoms with van der Waals surface area (Å²) in [6.07, 6.45) is 0.442. The minimum atomic E-state index is -0.414. The van der Waals surface area contributed by atoms with E-state index in [1.54, 1.807) is 17.0 Å². The maximum absolute atomic E-state index is 14.2. The lowest BCUT2D eigenvalue weighted by atomic mass is 10.1. The number of nitrogens with zero attached hydrogens (tertiary/aromatic N) is 1. The summed E-state index contributed by atoms with van der Waals surface area (Å²) in [5.74, 6) is 0.130. The first-order valence-electron chi connectivity index (χ1n) is 9.67. The number of halogens is 1. The van der Waals surface area contributed by atoms with Crippen molar-refractivity contribution in [2.45, 2.75) is 39.5 Å². The molecule has 0 aromatic heterocycles. The molecule has 0 aliphatic carbocycles. The molecular formula is C22H27FN2O3. The predicted molar refractivity (Wildman–Crippen MR) is 106 cm³/mol. The summed E-state index contributed by atoms with van der Waals surface area (Å²) in [5, 5.41) is 3.27. The van der Waals surface area contributed by atoms with Crippen LogP contribution in [0.5, 0.6) is 5.75 Å². The van der Waals surface area contributed by atoms with Crippen molar-refractivity contribution in [3.05, 3.63) is 65.0 Å². The standard InChI is InChI=1S/C22H27FN2O3/c1-3-19-13-24-9-10-25(19)22(26)28-15-18-12-20(7-8-21(18)23)27-14-17-6-4-5-16(2)11-17/h4-8,11-12,19,24H,3,9-10,13-15H2,1-2H3/t19-/m1/s1. The molecule has 0 bridgehead atoms. The van der Waals surface area contributed by atoms with E-state index in [-0.39, 0.29) is 12.6 Å². The zero-order valence-corrected chi connectivity index (χ0v) is 16.4. The molecule has 1 heterocycles. The molecule has 2 aromatic rings. The molecule has 150 valence electrons. The van der Waals surface area contributed by atoms with Gasteiger partial charge in [-0.2, -0.15) is 0 Å². The van der Waals surface area contributed by atoms with Crippen LogP contribution < -0.4 is 10.1 Å². The molecule has 0 radical (unpaired) electrons. The molecule has 2 aromatic carbocycles. The molecule has 0 unspecified atom stereocenters. The van der Waals surface area contributed by atoms with Crippen LogP contribution in [0.4, 0.5) is 9.18 Å². The van der Waals surface area contributed by atoms with Gasteiger partial charge in [0.15, 0.2) is 0 Å². The summed E-state index contributed by atoms with van der Waals surface area (Å²) >= 11 is 0. The third-order valence-electron chi connectivity index (χ3n) is 4.91. The topological polar surface area (TPSA) is 50.8 Å². The van der Waals surface area contributed by atoms with Gasteiger partial charge in [0, 0.05) is 31.2 Å². The van der Waals surface area contributed by atoms with Crippen LogP contribution >= 0.6 is 0 Å². The number of nitrogens with one attached hydrogen (secondary N) is 1. The Morgan fingerprint density at radius 2 is 2.11 bits per heavy atom. The van der Waals surface area contributed by atoms with Crippen molar-refractivity contribution in [2.75, 3.05) is 19.6 Å². The fraction of sp³-hybridized carbons (Fsp3) is 0.409.